The number of likely N-dealkylation sites (tertiary alicyclic amines) is 1. The molecule has 2 aromatic rings. The Kier molecular flexibility index (Phi) is 4.69. The predicted octanol–water partition coefficient (Wildman–Crippen LogP) is 3.58. The zero-order valence-electron chi connectivity index (χ0n) is 15.7. The summed E-state index contributed by atoms with van der Waals surface area (Å²) in [6.07, 6.45) is 4.21. The summed E-state index contributed by atoms with van der Waals surface area (Å²) >= 11 is 0. The van der Waals surface area contributed by atoms with Crippen molar-refractivity contribution in [1.82, 2.24) is 14.5 Å². The van der Waals surface area contributed by atoms with Gasteiger partial charge in [-0.1, -0.05) is 0 Å². The zero-order chi connectivity index (χ0) is 18.3. The first kappa shape index (κ1) is 17.7. The number of carbonyl (C=O) groups excluding carboxylic acids is 2. The van der Waals surface area contributed by atoms with Crippen molar-refractivity contribution in [2.24, 2.45) is 7.05 Å². The number of carbonyl (C=O) groups is 2. The van der Waals surface area contributed by atoms with Gasteiger partial charge < -0.3 is 9.55 Å². The Morgan fingerprint density at radius 2 is 2.04 bits per heavy atom. The molecule has 5 nitrogen and oxygen atoms in total. The van der Waals surface area contributed by atoms with Gasteiger partial charge in [-0.05, 0) is 64.8 Å². The lowest BCUT2D eigenvalue weighted by Crippen LogP contribution is -2.39. The minimum atomic E-state index is -0.223. The van der Waals surface area contributed by atoms with Crippen molar-refractivity contribution >= 4 is 11.6 Å². The normalized spacial score (nSPS) is 19.3. The molecule has 25 heavy (non-hydrogen) atoms. The number of nitrogens with one attached hydrogen (secondary N) is 1. The topological polar surface area (TPSA) is 58.1 Å². The Balaban J connectivity index is 1.89. The standard InChI is InChI=1S/C20H27N3O2/c1-12-18(15(4)24)13(2)21-19(12)20(25)14(3)23-11-7-9-17(23)16-8-6-10-22(16)5/h6,8,10,14,17,21H,7,9,11H2,1-5H3. The van der Waals surface area contributed by atoms with Crippen LogP contribution >= 0.6 is 0 Å². The van der Waals surface area contributed by atoms with Gasteiger partial charge in [-0.25, -0.2) is 0 Å². The third-order valence-electron chi connectivity index (χ3n) is 5.53. The molecule has 0 amide bonds. The van der Waals surface area contributed by atoms with Crippen molar-refractivity contribution in [3.05, 3.63) is 46.5 Å². The van der Waals surface area contributed by atoms with E-state index in [0.29, 0.717) is 11.3 Å². The second-order valence-electron chi connectivity index (χ2n) is 7.16. The summed E-state index contributed by atoms with van der Waals surface area (Å²) in [4.78, 5) is 30.4. The summed E-state index contributed by atoms with van der Waals surface area (Å²) in [5.41, 5.74) is 4.03. The number of aryl methyl sites for hydroxylation is 2. The molecule has 1 saturated heterocycles. The maximum Gasteiger partial charge on any atom is 0.196 e. The van der Waals surface area contributed by atoms with Crippen LogP contribution in [-0.4, -0.2) is 38.6 Å². The van der Waals surface area contributed by atoms with Gasteiger partial charge in [0.1, 0.15) is 0 Å². The Morgan fingerprint density at radius 3 is 2.60 bits per heavy atom. The molecule has 5 heteroatoms. The van der Waals surface area contributed by atoms with E-state index in [1.807, 2.05) is 20.8 Å². The third-order valence-corrected chi connectivity index (χ3v) is 5.53. The van der Waals surface area contributed by atoms with Crippen LogP contribution in [0.4, 0.5) is 0 Å². The van der Waals surface area contributed by atoms with Crippen molar-refractivity contribution in [2.75, 3.05) is 6.54 Å². The Morgan fingerprint density at radius 1 is 1.32 bits per heavy atom. The number of H-pyrrole nitrogens is 1. The molecule has 1 N–H and O–H groups in total. The predicted molar refractivity (Wildman–Crippen MR) is 98.2 cm³/mol. The molecular weight excluding hydrogens is 314 g/mol. The fraction of sp³-hybridized carbons (Fsp3) is 0.500. The lowest BCUT2D eigenvalue weighted by atomic mass is 10.0. The first-order valence-corrected chi connectivity index (χ1v) is 8.94. The second-order valence-corrected chi connectivity index (χ2v) is 7.16. The van der Waals surface area contributed by atoms with Crippen molar-refractivity contribution in [3.63, 3.8) is 0 Å². The monoisotopic (exact) mass is 341 g/mol. The number of ketones is 2. The highest BCUT2D eigenvalue weighted by molar-refractivity contribution is 6.05. The summed E-state index contributed by atoms with van der Waals surface area (Å²) in [5.74, 6) is 0.0648. The summed E-state index contributed by atoms with van der Waals surface area (Å²) < 4.78 is 2.14. The maximum atomic E-state index is 13.1. The van der Waals surface area contributed by atoms with Crippen LogP contribution in [0.2, 0.25) is 0 Å². The molecule has 0 aromatic carbocycles. The van der Waals surface area contributed by atoms with Gasteiger partial charge in [-0.2, -0.15) is 0 Å². The molecule has 2 unspecified atom stereocenters. The van der Waals surface area contributed by atoms with Gasteiger partial charge in [0.15, 0.2) is 11.6 Å². The number of nitrogens with zero attached hydrogens (tertiary/aromatic N) is 2. The van der Waals surface area contributed by atoms with E-state index in [1.54, 1.807) is 6.92 Å². The van der Waals surface area contributed by atoms with Crippen molar-refractivity contribution < 1.29 is 9.59 Å². The number of aromatic nitrogens is 2. The lowest BCUT2D eigenvalue weighted by Gasteiger charge is -2.30. The molecular formula is C20H27N3O2. The van der Waals surface area contributed by atoms with Crippen LogP contribution in [-0.2, 0) is 7.05 Å². The molecule has 1 aliphatic heterocycles. The number of hydrogen-bond acceptors (Lipinski definition) is 3. The molecule has 134 valence electrons. The molecule has 2 atom stereocenters. The molecule has 3 heterocycles. The number of rotatable bonds is 5. The first-order valence-electron chi connectivity index (χ1n) is 8.94. The van der Waals surface area contributed by atoms with Crippen LogP contribution in [0.1, 0.15) is 70.5 Å². The van der Waals surface area contributed by atoms with E-state index in [9.17, 15) is 9.59 Å². The molecule has 0 radical (unpaired) electrons. The van der Waals surface area contributed by atoms with Crippen molar-refractivity contribution in [3.8, 4) is 0 Å². The van der Waals surface area contributed by atoms with Crippen LogP contribution in [0, 0.1) is 13.8 Å². The average molecular weight is 341 g/mol. The highest BCUT2D eigenvalue weighted by Gasteiger charge is 2.35. The molecule has 2 aromatic heterocycles. The third kappa shape index (κ3) is 2.97. The Hall–Kier alpha value is -2.14. The minimum Gasteiger partial charge on any atom is -0.355 e. The average Bonchev–Trinajstić information content (AvgIpc) is 3.24. The maximum absolute atomic E-state index is 13.1. The van der Waals surface area contributed by atoms with E-state index in [1.165, 1.54) is 5.69 Å². The van der Waals surface area contributed by atoms with Gasteiger partial charge in [0.25, 0.3) is 0 Å². The second kappa shape index (κ2) is 6.64. The highest BCUT2D eigenvalue weighted by atomic mass is 16.1. The first-order chi connectivity index (χ1) is 11.8. The smallest absolute Gasteiger partial charge is 0.196 e. The van der Waals surface area contributed by atoms with E-state index in [-0.39, 0.29) is 23.7 Å². The van der Waals surface area contributed by atoms with E-state index in [2.05, 4.69) is 39.8 Å². The summed E-state index contributed by atoms with van der Waals surface area (Å²) in [6, 6.07) is 4.23. The van der Waals surface area contributed by atoms with Crippen LogP contribution in [0.5, 0.6) is 0 Å². The van der Waals surface area contributed by atoms with Gasteiger partial charge >= 0.3 is 0 Å². The van der Waals surface area contributed by atoms with Crippen LogP contribution in [0.25, 0.3) is 0 Å². The largest absolute Gasteiger partial charge is 0.355 e. The molecule has 0 spiro atoms. The summed E-state index contributed by atoms with van der Waals surface area (Å²) in [7, 11) is 2.05. The zero-order valence-corrected chi connectivity index (χ0v) is 15.7. The molecule has 0 saturated carbocycles. The minimum absolute atomic E-state index is 0.000752. The van der Waals surface area contributed by atoms with Gasteiger partial charge in [0, 0.05) is 30.2 Å². The van der Waals surface area contributed by atoms with E-state index < -0.39 is 0 Å². The van der Waals surface area contributed by atoms with Crippen molar-refractivity contribution in [1.29, 1.82) is 0 Å². The fourth-order valence-corrected chi connectivity index (χ4v) is 4.27. The number of hydrogen-bond donors (Lipinski definition) is 1. The van der Waals surface area contributed by atoms with Crippen molar-refractivity contribution in [2.45, 2.75) is 52.6 Å². The highest BCUT2D eigenvalue weighted by Crippen LogP contribution is 2.34. The molecule has 0 aliphatic carbocycles. The molecule has 1 aliphatic rings. The van der Waals surface area contributed by atoms with Gasteiger partial charge in [0.05, 0.1) is 17.8 Å². The fourth-order valence-electron chi connectivity index (χ4n) is 4.27. The summed E-state index contributed by atoms with van der Waals surface area (Å²) in [5, 5.41) is 0. The number of aromatic amines is 1. The summed E-state index contributed by atoms with van der Waals surface area (Å²) in [6.45, 7) is 8.16. The molecule has 1 fully saturated rings. The van der Waals surface area contributed by atoms with Gasteiger partial charge in [-0.3, -0.25) is 14.5 Å². The van der Waals surface area contributed by atoms with Crippen LogP contribution in [0.3, 0.4) is 0 Å². The number of Topliss-reactive ketones (excluding diaryl/α,β-unsaturated/α-hetero) is 2. The molecule has 3 rings (SSSR count). The quantitative estimate of drug-likeness (QED) is 0.846. The van der Waals surface area contributed by atoms with E-state index >= 15 is 0 Å². The van der Waals surface area contributed by atoms with E-state index in [4.69, 9.17) is 0 Å². The van der Waals surface area contributed by atoms with Crippen LogP contribution < -0.4 is 0 Å². The lowest BCUT2D eigenvalue weighted by molar-refractivity contribution is 0.0810. The van der Waals surface area contributed by atoms with Gasteiger partial charge in [0.2, 0.25) is 0 Å². The van der Waals surface area contributed by atoms with Crippen LogP contribution in [0.15, 0.2) is 18.3 Å². The SMILES string of the molecule is CC(=O)c1c(C)[nH]c(C(=O)C(C)N2CCCC2c2cccn2C)c1C. The Bertz CT molecular complexity index is 815. The Labute approximate surface area is 149 Å². The van der Waals surface area contributed by atoms with E-state index in [0.717, 1.165) is 30.6 Å². The van der Waals surface area contributed by atoms with Gasteiger partial charge in [-0.15, -0.1) is 0 Å². The molecule has 0 bridgehead atoms.